The first-order valence-electron chi connectivity index (χ1n) is 4.92. The Hall–Kier alpha value is -0.830. The summed E-state index contributed by atoms with van der Waals surface area (Å²) in [5.74, 6) is 0.0712. The number of hydrogen-bond acceptors (Lipinski definition) is 1. The molecular formula is C10H19N2O+. The Morgan fingerprint density at radius 3 is 2.77 bits per heavy atom. The van der Waals surface area contributed by atoms with Crippen molar-refractivity contribution in [3.63, 3.8) is 0 Å². The van der Waals surface area contributed by atoms with Crippen molar-refractivity contribution in [3.05, 3.63) is 12.2 Å². The molecule has 1 heterocycles. The minimum Gasteiger partial charge on any atom is -0.338 e. The maximum atomic E-state index is 11.6. The molecule has 74 valence electrons. The molecule has 0 aromatic carbocycles. The minimum atomic E-state index is 0.0712. The average molecular weight is 183 g/mol. The molecule has 1 saturated heterocycles. The van der Waals surface area contributed by atoms with Crippen LogP contribution in [0, 0.1) is 0 Å². The molecule has 0 radical (unpaired) electrons. The predicted octanol–water partition coefficient (Wildman–Crippen LogP) is 0.533. The second kappa shape index (κ2) is 4.42. The first kappa shape index (κ1) is 10.3. The van der Waals surface area contributed by atoms with Gasteiger partial charge in [-0.05, 0) is 19.8 Å². The molecule has 1 unspecified atom stereocenters. The zero-order chi connectivity index (χ0) is 9.84. The Morgan fingerprint density at radius 2 is 2.15 bits per heavy atom. The standard InChI is InChI=1S/C10H18N2O/c1-8(2)10(13)12-7-5-3-4-6-9(12)11/h9H,1,3-7,11H2,2H3/p+1. The van der Waals surface area contributed by atoms with Crippen LogP contribution in [0.1, 0.15) is 32.6 Å². The van der Waals surface area contributed by atoms with Crippen LogP contribution in [0.3, 0.4) is 0 Å². The molecule has 0 spiro atoms. The molecule has 0 aliphatic carbocycles. The van der Waals surface area contributed by atoms with Crippen LogP contribution in [0.2, 0.25) is 0 Å². The molecule has 0 aromatic heterocycles. The Bertz CT molecular complexity index is 213. The molecule has 1 fully saturated rings. The second-order valence-corrected chi connectivity index (χ2v) is 3.78. The van der Waals surface area contributed by atoms with Gasteiger partial charge in [-0.25, -0.2) is 0 Å². The average Bonchev–Trinajstić information content (AvgIpc) is 2.28. The van der Waals surface area contributed by atoms with Crippen molar-refractivity contribution in [3.8, 4) is 0 Å². The Balaban J connectivity index is 2.64. The van der Waals surface area contributed by atoms with Gasteiger partial charge in [-0.2, -0.15) is 0 Å². The first-order valence-corrected chi connectivity index (χ1v) is 4.92. The molecule has 3 N–H and O–H groups in total. The summed E-state index contributed by atoms with van der Waals surface area (Å²) in [7, 11) is 0. The van der Waals surface area contributed by atoms with E-state index in [1.807, 2.05) is 4.90 Å². The fourth-order valence-electron chi connectivity index (χ4n) is 1.69. The molecule has 0 saturated carbocycles. The topological polar surface area (TPSA) is 48.0 Å². The molecule has 1 aliphatic heterocycles. The minimum absolute atomic E-state index is 0.0712. The highest BCUT2D eigenvalue weighted by molar-refractivity contribution is 5.92. The Morgan fingerprint density at radius 1 is 1.46 bits per heavy atom. The van der Waals surface area contributed by atoms with Gasteiger partial charge in [-0.1, -0.05) is 13.0 Å². The maximum Gasteiger partial charge on any atom is 0.253 e. The second-order valence-electron chi connectivity index (χ2n) is 3.78. The van der Waals surface area contributed by atoms with Gasteiger partial charge in [0.15, 0.2) is 6.17 Å². The van der Waals surface area contributed by atoms with E-state index in [4.69, 9.17) is 0 Å². The lowest BCUT2D eigenvalue weighted by Gasteiger charge is -2.23. The molecule has 1 amide bonds. The van der Waals surface area contributed by atoms with Crippen LogP contribution in [0.25, 0.3) is 0 Å². The highest BCUT2D eigenvalue weighted by atomic mass is 16.2. The van der Waals surface area contributed by atoms with E-state index in [-0.39, 0.29) is 12.1 Å². The number of quaternary nitrogens is 1. The van der Waals surface area contributed by atoms with E-state index in [0.29, 0.717) is 5.57 Å². The van der Waals surface area contributed by atoms with E-state index < -0.39 is 0 Å². The third kappa shape index (κ3) is 2.56. The lowest BCUT2D eigenvalue weighted by atomic mass is 10.2. The van der Waals surface area contributed by atoms with Crippen molar-refractivity contribution in [1.29, 1.82) is 0 Å². The summed E-state index contributed by atoms with van der Waals surface area (Å²) in [6, 6.07) is 0. The number of carbonyl (C=O) groups is 1. The summed E-state index contributed by atoms with van der Waals surface area (Å²) >= 11 is 0. The van der Waals surface area contributed by atoms with Crippen LogP contribution in [0.5, 0.6) is 0 Å². The van der Waals surface area contributed by atoms with Crippen molar-refractivity contribution in [2.75, 3.05) is 6.54 Å². The largest absolute Gasteiger partial charge is 0.338 e. The van der Waals surface area contributed by atoms with Gasteiger partial charge < -0.3 is 5.73 Å². The van der Waals surface area contributed by atoms with Crippen LogP contribution in [-0.4, -0.2) is 23.5 Å². The number of likely N-dealkylation sites (tertiary alicyclic amines) is 1. The first-order chi connectivity index (χ1) is 6.13. The van der Waals surface area contributed by atoms with E-state index in [9.17, 15) is 4.79 Å². The van der Waals surface area contributed by atoms with Gasteiger partial charge in [0.1, 0.15) is 0 Å². The summed E-state index contributed by atoms with van der Waals surface area (Å²) in [5.41, 5.74) is 4.63. The third-order valence-corrected chi connectivity index (χ3v) is 2.50. The smallest absolute Gasteiger partial charge is 0.253 e. The van der Waals surface area contributed by atoms with Gasteiger partial charge in [0.2, 0.25) is 0 Å². The van der Waals surface area contributed by atoms with Gasteiger partial charge in [-0.3, -0.25) is 9.69 Å². The molecular weight excluding hydrogens is 164 g/mol. The third-order valence-electron chi connectivity index (χ3n) is 2.50. The summed E-state index contributed by atoms with van der Waals surface area (Å²) in [4.78, 5) is 13.5. The number of nitrogens with zero attached hydrogens (tertiary/aromatic N) is 1. The van der Waals surface area contributed by atoms with E-state index in [1.54, 1.807) is 6.92 Å². The van der Waals surface area contributed by atoms with E-state index in [0.717, 1.165) is 19.4 Å². The summed E-state index contributed by atoms with van der Waals surface area (Å²) in [6.45, 7) is 6.29. The highest BCUT2D eigenvalue weighted by Gasteiger charge is 2.24. The highest BCUT2D eigenvalue weighted by Crippen LogP contribution is 2.14. The number of hydrogen-bond donors (Lipinski definition) is 1. The van der Waals surface area contributed by atoms with E-state index in [1.165, 1.54) is 12.8 Å². The maximum absolute atomic E-state index is 11.6. The number of amides is 1. The molecule has 3 nitrogen and oxygen atoms in total. The van der Waals surface area contributed by atoms with Crippen LogP contribution < -0.4 is 5.73 Å². The fraction of sp³-hybridized carbons (Fsp3) is 0.700. The fourth-order valence-corrected chi connectivity index (χ4v) is 1.69. The zero-order valence-electron chi connectivity index (χ0n) is 8.38. The predicted molar refractivity (Wildman–Crippen MR) is 51.7 cm³/mol. The molecule has 0 bridgehead atoms. The van der Waals surface area contributed by atoms with Gasteiger partial charge in [0.05, 0.1) is 0 Å². The van der Waals surface area contributed by atoms with Crippen LogP contribution >= 0.6 is 0 Å². The molecule has 1 aliphatic rings. The van der Waals surface area contributed by atoms with Gasteiger partial charge in [0, 0.05) is 18.5 Å². The van der Waals surface area contributed by atoms with Gasteiger partial charge >= 0.3 is 0 Å². The summed E-state index contributed by atoms with van der Waals surface area (Å²) in [6.07, 6.45) is 4.68. The molecule has 3 heteroatoms. The van der Waals surface area contributed by atoms with Crippen molar-refractivity contribution in [1.82, 2.24) is 4.90 Å². The number of carbonyl (C=O) groups excluding carboxylic acids is 1. The van der Waals surface area contributed by atoms with Crippen molar-refractivity contribution in [2.45, 2.75) is 38.8 Å². The van der Waals surface area contributed by atoms with Crippen molar-refractivity contribution in [2.24, 2.45) is 0 Å². The summed E-state index contributed by atoms with van der Waals surface area (Å²) < 4.78 is 0. The van der Waals surface area contributed by atoms with Crippen LogP contribution in [0.15, 0.2) is 12.2 Å². The Labute approximate surface area is 79.6 Å². The number of rotatable bonds is 1. The molecule has 13 heavy (non-hydrogen) atoms. The Kier molecular flexibility index (Phi) is 3.48. The van der Waals surface area contributed by atoms with Crippen molar-refractivity contribution < 1.29 is 10.5 Å². The summed E-state index contributed by atoms with van der Waals surface area (Å²) in [5, 5.41) is 0. The van der Waals surface area contributed by atoms with Crippen LogP contribution in [-0.2, 0) is 4.79 Å². The van der Waals surface area contributed by atoms with Gasteiger partial charge in [0.25, 0.3) is 5.91 Å². The normalized spacial score (nSPS) is 23.8. The quantitative estimate of drug-likeness (QED) is 0.592. The van der Waals surface area contributed by atoms with Gasteiger partial charge in [-0.15, -0.1) is 0 Å². The van der Waals surface area contributed by atoms with E-state index in [2.05, 4.69) is 12.3 Å². The lowest BCUT2D eigenvalue weighted by Crippen LogP contribution is -2.69. The molecule has 1 rings (SSSR count). The molecule has 1 atom stereocenters. The zero-order valence-corrected chi connectivity index (χ0v) is 8.38. The SMILES string of the molecule is C=C(C)C(=O)N1CCCCCC1[NH3+]. The van der Waals surface area contributed by atoms with Crippen molar-refractivity contribution >= 4 is 5.91 Å². The van der Waals surface area contributed by atoms with Crippen LogP contribution in [0.4, 0.5) is 0 Å². The molecule has 0 aromatic rings. The monoisotopic (exact) mass is 183 g/mol. The van der Waals surface area contributed by atoms with E-state index >= 15 is 0 Å². The lowest BCUT2D eigenvalue weighted by molar-refractivity contribution is -0.452.